The molecule has 0 rings (SSSR count). The van der Waals surface area contributed by atoms with Crippen LogP contribution in [0.25, 0.3) is 0 Å². The summed E-state index contributed by atoms with van der Waals surface area (Å²) in [4.78, 5) is 38.2. The number of carbonyl (C=O) groups excluding carboxylic acids is 3. The molecule has 1 atom stereocenters. The van der Waals surface area contributed by atoms with Crippen LogP contribution in [0.4, 0.5) is 0 Å². The van der Waals surface area contributed by atoms with Crippen LogP contribution in [-0.2, 0) is 28.6 Å². The van der Waals surface area contributed by atoms with Gasteiger partial charge in [0.2, 0.25) is 0 Å². The number of unbranched alkanes of at least 4 members (excludes halogenated alkanes) is 30. The predicted molar refractivity (Wildman–Crippen MR) is 339 cm³/mol. The predicted octanol–water partition coefficient (Wildman–Crippen LogP) is 22.6. The van der Waals surface area contributed by atoms with Gasteiger partial charge in [0, 0.05) is 19.3 Å². The maximum Gasteiger partial charge on any atom is 0.306 e. The first kappa shape index (κ1) is 74.1. The minimum Gasteiger partial charge on any atom is -0.462 e. The van der Waals surface area contributed by atoms with E-state index in [1.54, 1.807) is 0 Å². The highest BCUT2D eigenvalue weighted by atomic mass is 16.6. The van der Waals surface area contributed by atoms with Gasteiger partial charge in [0.1, 0.15) is 13.2 Å². The lowest BCUT2D eigenvalue weighted by Gasteiger charge is -2.18. The molecule has 0 spiro atoms. The second-order valence-electron chi connectivity index (χ2n) is 21.6. The van der Waals surface area contributed by atoms with Crippen LogP contribution in [0.1, 0.15) is 310 Å². The van der Waals surface area contributed by atoms with Crippen molar-refractivity contribution in [2.75, 3.05) is 13.2 Å². The second kappa shape index (κ2) is 65.6. The first-order valence-corrected chi connectivity index (χ1v) is 32.9. The topological polar surface area (TPSA) is 78.9 Å². The van der Waals surface area contributed by atoms with Crippen molar-refractivity contribution in [3.05, 3.63) is 109 Å². The molecule has 0 saturated heterocycles. The molecule has 0 aliphatic carbocycles. The average molecular weight is 1080 g/mol. The van der Waals surface area contributed by atoms with E-state index in [2.05, 4.69) is 130 Å². The Morgan fingerprint density at radius 2 is 0.500 bits per heavy atom. The van der Waals surface area contributed by atoms with Gasteiger partial charge < -0.3 is 14.2 Å². The molecule has 0 aromatic rings. The summed E-state index contributed by atoms with van der Waals surface area (Å²) < 4.78 is 16.9. The summed E-state index contributed by atoms with van der Waals surface area (Å²) in [6.07, 6.45) is 89.6. The summed E-state index contributed by atoms with van der Waals surface area (Å²) >= 11 is 0. The van der Waals surface area contributed by atoms with Gasteiger partial charge in [0.05, 0.1) is 0 Å². The standard InChI is InChI=1S/C72H122O6/c1-4-7-10-13-16-19-22-24-26-28-30-31-32-33-34-35-36-37-38-39-40-41-43-44-46-48-50-53-56-59-62-65-71(74)77-68-69(67-76-70(73)64-61-58-55-52-21-18-15-12-9-6-3)78-72(75)66-63-60-57-54-51-49-47-45-42-29-27-25-23-20-17-14-11-8-5-2/h7,10,16,19,24-27,30-31,33-34,36-37,39-40,43-44,69H,4-6,8-9,11-15,17-18,20-23,28-29,32,35,38,41-42,45-68H2,1-3H3/b10-7-,19-16-,26-24-,27-25-,31-30-,34-33-,37-36-,40-39-,44-43-. The van der Waals surface area contributed by atoms with Gasteiger partial charge in [0.15, 0.2) is 6.10 Å². The summed E-state index contributed by atoms with van der Waals surface area (Å²) in [6.45, 7) is 6.52. The van der Waals surface area contributed by atoms with Gasteiger partial charge >= 0.3 is 17.9 Å². The summed E-state index contributed by atoms with van der Waals surface area (Å²) in [6, 6.07) is 0. The minimum absolute atomic E-state index is 0.0813. The number of ether oxygens (including phenoxy) is 3. The number of rotatable bonds is 59. The fraction of sp³-hybridized carbons (Fsp3) is 0.708. The normalized spacial score (nSPS) is 12.8. The van der Waals surface area contributed by atoms with Gasteiger partial charge in [-0.05, 0) is 109 Å². The van der Waals surface area contributed by atoms with Crippen LogP contribution in [0.3, 0.4) is 0 Å². The molecule has 6 heteroatoms. The number of carbonyl (C=O) groups is 3. The molecule has 6 nitrogen and oxygen atoms in total. The van der Waals surface area contributed by atoms with E-state index in [9.17, 15) is 14.4 Å². The summed E-state index contributed by atoms with van der Waals surface area (Å²) in [5.74, 6) is -0.892. The van der Waals surface area contributed by atoms with Gasteiger partial charge in [-0.1, -0.05) is 291 Å². The molecule has 0 saturated carbocycles. The van der Waals surface area contributed by atoms with Gasteiger partial charge in [-0.15, -0.1) is 0 Å². The van der Waals surface area contributed by atoms with E-state index in [4.69, 9.17) is 14.2 Å². The summed E-state index contributed by atoms with van der Waals surface area (Å²) in [5.41, 5.74) is 0. The number of hydrogen-bond donors (Lipinski definition) is 0. The van der Waals surface area contributed by atoms with Crippen LogP contribution < -0.4 is 0 Å². The molecule has 0 radical (unpaired) electrons. The van der Waals surface area contributed by atoms with Crippen LogP contribution in [0, 0.1) is 0 Å². The average Bonchev–Trinajstić information content (AvgIpc) is 3.44. The van der Waals surface area contributed by atoms with Crippen LogP contribution in [0.2, 0.25) is 0 Å². The highest BCUT2D eigenvalue weighted by Gasteiger charge is 2.19. The fourth-order valence-corrected chi connectivity index (χ4v) is 9.10. The maximum absolute atomic E-state index is 12.9. The largest absolute Gasteiger partial charge is 0.462 e. The summed E-state index contributed by atoms with van der Waals surface area (Å²) in [7, 11) is 0. The van der Waals surface area contributed by atoms with E-state index in [0.29, 0.717) is 19.3 Å². The third-order valence-electron chi connectivity index (χ3n) is 14.0. The first-order valence-electron chi connectivity index (χ1n) is 32.9. The zero-order chi connectivity index (χ0) is 56.4. The van der Waals surface area contributed by atoms with Crippen molar-refractivity contribution in [3.8, 4) is 0 Å². The van der Waals surface area contributed by atoms with E-state index >= 15 is 0 Å². The SMILES string of the molecule is CC/C=C\C/C=C\C/C=C\C/C=C\C/C=C\C/C=C\C/C=C\C/C=C\CCCCCCCCC(=O)OCC(COC(=O)CCCCCCCCCCCC)OC(=O)CCCCCCCCCCC/C=C\CCCCCCCC. The second-order valence-corrected chi connectivity index (χ2v) is 21.6. The van der Waals surface area contributed by atoms with Crippen LogP contribution in [-0.4, -0.2) is 37.2 Å². The van der Waals surface area contributed by atoms with E-state index in [1.807, 2.05) is 0 Å². The van der Waals surface area contributed by atoms with Crippen molar-refractivity contribution >= 4 is 17.9 Å². The molecule has 0 amide bonds. The zero-order valence-electron chi connectivity index (χ0n) is 51.2. The van der Waals surface area contributed by atoms with E-state index in [0.717, 1.165) is 122 Å². The lowest BCUT2D eigenvalue weighted by Crippen LogP contribution is -2.30. The Bertz CT molecular complexity index is 1570. The number of allylic oxidation sites excluding steroid dienone is 18. The van der Waals surface area contributed by atoms with Crippen molar-refractivity contribution in [3.63, 3.8) is 0 Å². The lowest BCUT2D eigenvalue weighted by molar-refractivity contribution is -0.167. The first-order chi connectivity index (χ1) is 38.5. The Labute approximate surface area is 482 Å². The molecule has 0 fully saturated rings. The van der Waals surface area contributed by atoms with Crippen molar-refractivity contribution in [2.45, 2.75) is 316 Å². The third-order valence-corrected chi connectivity index (χ3v) is 14.0. The Kier molecular flexibility index (Phi) is 62.3. The van der Waals surface area contributed by atoms with Crippen molar-refractivity contribution in [1.82, 2.24) is 0 Å². The van der Waals surface area contributed by atoms with Crippen molar-refractivity contribution in [1.29, 1.82) is 0 Å². The fourth-order valence-electron chi connectivity index (χ4n) is 9.10. The monoisotopic (exact) mass is 1080 g/mol. The van der Waals surface area contributed by atoms with Gasteiger partial charge in [-0.2, -0.15) is 0 Å². The Morgan fingerprint density at radius 3 is 0.795 bits per heavy atom. The van der Waals surface area contributed by atoms with E-state index in [-0.39, 0.29) is 31.1 Å². The maximum atomic E-state index is 12.9. The molecular formula is C72H122O6. The van der Waals surface area contributed by atoms with Crippen LogP contribution in [0.15, 0.2) is 109 Å². The smallest absolute Gasteiger partial charge is 0.306 e. The molecule has 0 aromatic heterocycles. The molecular weight excluding hydrogens is 961 g/mol. The van der Waals surface area contributed by atoms with Crippen LogP contribution >= 0.6 is 0 Å². The van der Waals surface area contributed by atoms with Gasteiger partial charge in [0.25, 0.3) is 0 Å². The molecule has 78 heavy (non-hydrogen) atoms. The molecule has 0 aliphatic heterocycles. The lowest BCUT2D eigenvalue weighted by atomic mass is 10.1. The number of hydrogen-bond acceptors (Lipinski definition) is 6. The third kappa shape index (κ3) is 62.9. The molecule has 0 aromatic carbocycles. The van der Waals surface area contributed by atoms with Crippen molar-refractivity contribution in [2.24, 2.45) is 0 Å². The highest BCUT2D eigenvalue weighted by Crippen LogP contribution is 2.16. The quantitative estimate of drug-likeness (QED) is 0.0261. The van der Waals surface area contributed by atoms with Crippen LogP contribution in [0.5, 0.6) is 0 Å². The Hall–Kier alpha value is -3.93. The minimum atomic E-state index is -0.785. The molecule has 0 N–H and O–H groups in total. The molecule has 0 bridgehead atoms. The number of esters is 3. The molecule has 446 valence electrons. The Morgan fingerprint density at radius 1 is 0.269 bits per heavy atom. The van der Waals surface area contributed by atoms with E-state index < -0.39 is 6.10 Å². The zero-order valence-corrected chi connectivity index (χ0v) is 51.2. The molecule has 0 heterocycles. The molecule has 1 unspecified atom stereocenters. The Balaban J connectivity index is 4.27. The summed E-state index contributed by atoms with van der Waals surface area (Å²) in [5, 5.41) is 0. The van der Waals surface area contributed by atoms with Crippen molar-refractivity contribution < 1.29 is 28.6 Å². The van der Waals surface area contributed by atoms with Gasteiger partial charge in [-0.25, -0.2) is 0 Å². The highest BCUT2D eigenvalue weighted by molar-refractivity contribution is 5.71. The molecule has 0 aliphatic rings. The van der Waals surface area contributed by atoms with E-state index in [1.165, 1.54) is 148 Å². The van der Waals surface area contributed by atoms with Gasteiger partial charge in [-0.3, -0.25) is 14.4 Å².